The molecule has 0 saturated carbocycles. The van der Waals surface area contributed by atoms with Gasteiger partial charge in [-0.25, -0.2) is 0 Å². The Hall–Kier alpha value is -1.86. The zero-order valence-corrected chi connectivity index (χ0v) is 15.9. The van der Waals surface area contributed by atoms with Crippen LogP contribution in [0.1, 0.15) is 44.7 Å². The fraction of sp³-hybridized carbons (Fsp3) is 0.417. The van der Waals surface area contributed by atoms with Gasteiger partial charge in [-0.3, -0.25) is 4.90 Å². The third-order valence-corrected chi connectivity index (χ3v) is 5.46. The van der Waals surface area contributed by atoms with E-state index in [1.807, 2.05) is 0 Å². The van der Waals surface area contributed by atoms with Crippen molar-refractivity contribution < 1.29 is 0 Å². The lowest BCUT2D eigenvalue weighted by molar-refractivity contribution is 0.132. The Morgan fingerprint density at radius 2 is 1.36 bits per heavy atom. The number of nitrogens with zero attached hydrogens (tertiary/aromatic N) is 1. The standard InChI is InChI=1S/C24H31N/c1-24(2,3)22-15-10-16-23(17-22)25(18-20-11-6-4-7-12-20)19-21-13-8-5-9-14-21/h4-14,16,22-23H,15,17-19H2,1-3H3/t22-,23-/m0/s1. The van der Waals surface area contributed by atoms with Gasteiger partial charge in [-0.1, -0.05) is 93.6 Å². The van der Waals surface area contributed by atoms with Crippen LogP contribution in [-0.2, 0) is 13.1 Å². The Kier molecular flexibility index (Phi) is 5.75. The van der Waals surface area contributed by atoms with Crippen LogP contribution >= 0.6 is 0 Å². The number of hydrogen-bond acceptors (Lipinski definition) is 1. The van der Waals surface area contributed by atoms with Gasteiger partial charge in [-0.15, -0.1) is 0 Å². The minimum atomic E-state index is 0.369. The molecule has 1 aliphatic carbocycles. The second-order valence-corrected chi connectivity index (χ2v) is 8.41. The first kappa shape index (κ1) is 17.9. The molecule has 1 aliphatic rings. The molecule has 0 saturated heterocycles. The van der Waals surface area contributed by atoms with Crippen LogP contribution in [0.15, 0.2) is 72.8 Å². The van der Waals surface area contributed by atoms with Gasteiger partial charge in [0.25, 0.3) is 0 Å². The summed E-state index contributed by atoms with van der Waals surface area (Å²) < 4.78 is 0. The molecule has 1 heteroatoms. The van der Waals surface area contributed by atoms with E-state index >= 15 is 0 Å². The SMILES string of the molecule is CC(C)(C)[C@H]1CC=C[C@H](N(Cc2ccccc2)Cc2ccccc2)C1. The number of allylic oxidation sites excluding steroid dienone is 1. The summed E-state index contributed by atoms with van der Waals surface area (Å²) in [7, 11) is 0. The van der Waals surface area contributed by atoms with Crippen LogP contribution in [0.3, 0.4) is 0 Å². The first-order chi connectivity index (χ1) is 12.0. The zero-order chi connectivity index (χ0) is 17.7. The summed E-state index contributed by atoms with van der Waals surface area (Å²) in [5, 5.41) is 0. The predicted octanol–water partition coefficient (Wildman–Crippen LogP) is 6.07. The van der Waals surface area contributed by atoms with Crippen LogP contribution in [-0.4, -0.2) is 10.9 Å². The second kappa shape index (κ2) is 8.01. The molecule has 25 heavy (non-hydrogen) atoms. The second-order valence-electron chi connectivity index (χ2n) is 8.41. The number of benzene rings is 2. The van der Waals surface area contributed by atoms with Crippen molar-refractivity contribution >= 4 is 0 Å². The molecule has 2 aromatic rings. The maximum absolute atomic E-state index is 2.64. The van der Waals surface area contributed by atoms with Gasteiger partial charge in [-0.05, 0) is 35.3 Å². The highest BCUT2D eigenvalue weighted by atomic mass is 15.1. The smallest absolute Gasteiger partial charge is 0.0288 e. The molecule has 2 aromatic carbocycles. The molecule has 0 radical (unpaired) electrons. The van der Waals surface area contributed by atoms with E-state index in [0.717, 1.165) is 19.0 Å². The summed E-state index contributed by atoms with van der Waals surface area (Å²) in [5.41, 5.74) is 3.16. The topological polar surface area (TPSA) is 3.24 Å². The molecular weight excluding hydrogens is 302 g/mol. The maximum Gasteiger partial charge on any atom is 0.0288 e. The third-order valence-electron chi connectivity index (χ3n) is 5.46. The van der Waals surface area contributed by atoms with Gasteiger partial charge >= 0.3 is 0 Å². The summed E-state index contributed by atoms with van der Waals surface area (Å²) in [6, 6.07) is 22.3. The summed E-state index contributed by atoms with van der Waals surface area (Å²) in [6.45, 7) is 9.15. The van der Waals surface area contributed by atoms with E-state index in [-0.39, 0.29) is 0 Å². The molecule has 3 rings (SSSR count). The molecule has 2 atom stereocenters. The average Bonchev–Trinajstić information content (AvgIpc) is 2.62. The Balaban J connectivity index is 1.80. The molecule has 0 fully saturated rings. The zero-order valence-electron chi connectivity index (χ0n) is 15.9. The molecule has 0 aromatic heterocycles. The first-order valence-corrected chi connectivity index (χ1v) is 9.51. The van der Waals surface area contributed by atoms with Crippen molar-refractivity contribution in [2.75, 3.05) is 0 Å². The lowest BCUT2D eigenvalue weighted by Crippen LogP contribution is -2.38. The van der Waals surface area contributed by atoms with E-state index in [0.29, 0.717) is 11.5 Å². The quantitative estimate of drug-likeness (QED) is 0.600. The van der Waals surface area contributed by atoms with Crippen molar-refractivity contribution in [2.24, 2.45) is 11.3 Å². The lowest BCUT2D eigenvalue weighted by atomic mass is 9.73. The van der Waals surface area contributed by atoms with E-state index in [1.165, 1.54) is 24.0 Å². The highest BCUT2D eigenvalue weighted by molar-refractivity contribution is 5.18. The van der Waals surface area contributed by atoms with E-state index < -0.39 is 0 Å². The molecule has 0 aliphatic heterocycles. The average molecular weight is 334 g/mol. The highest BCUT2D eigenvalue weighted by Gasteiger charge is 2.30. The fourth-order valence-corrected chi connectivity index (χ4v) is 3.77. The molecule has 0 spiro atoms. The monoisotopic (exact) mass is 333 g/mol. The van der Waals surface area contributed by atoms with Gasteiger partial charge in [0.15, 0.2) is 0 Å². The van der Waals surface area contributed by atoms with E-state index in [1.54, 1.807) is 0 Å². The van der Waals surface area contributed by atoms with E-state index in [9.17, 15) is 0 Å². The van der Waals surface area contributed by atoms with Crippen molar-refractivity contribution in [3.63, 3.8) is 0 Å². The van der Waals surface area contributed by atoms with Gasteiger partial charge in [-0.2, -0.15) is 0 Å². The molecule has 0 bridgehead atoms. The minimum absolute atomic E-state index is 0.369. The Bertz CT molecular complexity index is 625. The lowest BCUT2D eigenvalue weighted by Gasteiger charge is -2.39. The van der Waals surface area contributed by atoms with Gasteiger partial charge < -0.3 is 0 Å². The van der Waals surface area contributed by atoms with E-state index in [2.05, 4.69) is 98.5 Å². The van der Waals surface area contributed by atoms with Crippen LogP contribution in [0.25, 0.3) is 0 Å². The number of hydrogen-bond donors (Lipinski definition) is 0. The Morgan fingerprint density at radius 3 is 1.84 bits per heavy atom. The summed E-state index contributed by atoms with van der Waals surface area (Å²) in [5.74, 6) is 0.747. The van der Waals surface area contributed by atoms with Crippen LogP contribution < -0.4 is 0 Å². The normalized spacial score (nSPS) is 20.8. The van der Waals surface area contributed by atoms with Gasteiger partial charge in [0.2, 0.25) is 0 Å². The van der Waals surface area contributed by atoms with Crippen molar-refractivity contribution in [1.82, 2.24) is 4.90 Å². The molecule has 132 valence electrons. The molecule has 0 unspecified atom stereocenters. The van der Waals surface area contributed by atoms with Crippen molar-refractivity contribution in [3.05, 3.63) is 83.9 Å². The molecule has 0 heterocycles. The first-order valence-electron chi connectivity index (χ1n) is 9.51. The fourth-order valence-electron chi connectivity index (χ4n) is 3.77. The Labute approximate surface area is 153 Å². The third kappa shape index (κ3) is 5.06. The molecule has 0 amide bonds. The summed E-state index contributed by atoms with van der Waals surface area (Å²) in [4.78, 5) is 2.64. The van der Waals surface area contributed by atoms with Crippen LogP contribution in [0.4, 0.5) is 0 Å². The summed E-state index contributed by atoms with van der Waals surface area (Å²) >= 11 is 0. The van der Waals surface area contributed by atoms with Crippen LogP contribution in [0.2, 0.25) is 0 Å². The van der Waals surface area contributed by atoms with Crippen LogP contribution in [0.5, 0.6) is 0 Å². The van der Waals surface area contributed by atoms with Crippen molar-refractivity contribution in [2.45, 2.75) is 52.7 Å². The van der Waals surface area contributed by atoms with Gasteiger partial charge in [0, 0.05) is 19.1 Å². The van der Waals surface area contributed by atoms with E-state index in [4.69, 9.17) is 0 Å². The Morgan fingerprint density at radius 1 is 0.840 bits per heavy atom. The highest BCUT2D eigenvalue weighted by Crippen LogP contribution is 2.37. The summed E-state index contributed by atoms with van der Waals surface area (Å²) in [6.07, 6.45) is 7.31. The molecular formula is C24H31N. The van der Waals surface area contributed by atoms with Crippen molar-refractivity contribution in [3.8, 4) is 0 Å². The maximum atomic E-state index is 2.64. The van der Waals surface area contributed by atoms with Gasteiger partial charge in [0.05, 0.1) is 0 Å². The number of rotatable bonds is 5. The van der Waals surface area contributed by atoms with Gasteiger partial charge in [0.1, 0.15) is 0 Å². The minimum Gasteiger partial charge on any atom is -0.288 e. The van der Waals surface area contributed by atoms with Crippen molar-refractivity contribution in [1.29, 1.82) is 0 Å². The van der Waals surface area contributed by atoms with Crippen LogP contribution in [0, 0.1) is 11.3 Å². The largest absolute Gasteiger partial charge is 0.288 e. The predicted molar refractivity (Wildman–Crippen MR) is 107 cm³/mol. The molecule has 0 N–H and O–H groups in total. The molecule has 1 nitrogen and oxygen atoms in total.